The minimum atomic E-state index is -1.02. The first-order chi connectivity index (χ1) is 9.18. The number of hydrogen-bond donors (Lipinski definition) is 2. The number of nitrogens with zero attached hydrogens (tertiary/aromatic N) is 2. The van der Waals surface area contributed by atoms with E-state index in [1.807, 2.05) is 6.07 Å². The lowest BCUT2D eigenvalue weighted by Gasteiger charge is -2.32. The van der Waals surface area contributed by atoms with Crippen LogP contribution >= 0.6 is 0 Å². The first kappa shape index (κ1) is 13.4. The van der Waals surface area contributed by atoms with Crippen molar-refractivity contribution < 1.29 is 14.7 Å². The van der Waals surface area contributed by atoms with Gasteiger partial charge in [-0.15, -0.1) is 0 Å². The van der Waals surface area contributed by atoms with Gasteiger partial charge in [0.1, 0.15) is 6.54 Å². The van der Waals surface area contributed by atoms with Crippen molar-refractivity contribution in [3.05, 3.63) is 30.3 Å². The van der Waals surface area contributed by atoms with Gasteiger partial charge in [0.15, 0.2) is 0 Å². The fourth-order valence-corrected chi connectivity index (χ4v) is 2.04. The molecule has 1 aromatic carbocycles. The van der Waals surface area contributed by atoms with E-state index in [0.29, 0.717) is 18.8 Å². The van der Waals surface area contributed by atoms with Gasteiger partial charge in [0.2, 0.25) is 0 Å². The molecule has 0 aliphatic carbocycles. The van der Waals surface area contributed by atoms with Crippen molar-refractivity contribution in [3.63, 3.8) is 0 Å². The Hall–Kier alpha value is -2.08. The van der Waals surface area contributed by atoms with Crippen LogP contribution in [0.15, 0.2) is 30.3 Å². The minimum absolute atomic E-state index is 0.255. The van der Waals surface area contributed by atoms with Crippen LogP contribution in [0.5, 0.6) is 0 Å². The number of nitrogens with one attached hydrogen (secondary N) is 1. The number of carboxylic acids is 1. The van der Waals surface area contributed by atoms with Crippen LogP contribution in [-0.2, 0) is 4.79 Å². The van der Waals surface area contributed by atoms with Crippen LogP contribution in [0.1, 0.15) is 0 Å². The van der Waals surface area contributed by atoms with Crippen LogP contribution in [0.4, 0.5) is 10.5 Å². The Morgan fingerprint density at radius 3 is 2.42 bits per heavy atom. The molecule has 102 valence electrons. The molecule has 0 radical (unpaired) electrons. The third-order valence-electron chi connectivity index (χ3n) is 2.98. The van der Waals surface area contributed by atoms with Gasteiger partial charge in [-0.05, 0) is 12.1 Å². The van der Waals surface area contributed by atoms with Crippen molar-refractivity contribution in [3.8, 4) is 0 Å². The van der Waals surface area contributed by atoms with Gasteiger partial charge < -0.3 is 15.3 Å². The van der Waals surface area contributed by atoms with Gasteiger partial charge >= 0.3 is 12.0 Å². The molecule has 0 saturated carbocycles. The molecule has 19 heavy (non-hydrogen) atoms. The molecular formula is C13H17N3O3. The zero-order valence-corrected chi connectivity index (χ0v) is 10.6. The van der Waals surface area contributed by atoms with Crippen LogP contribution in [-0.4, -0.2) is 54.7 Å². The lowest BCUT2D eigenvalue weighted by molar-refractivity contribution is -0.135. The summed E-state index contributed by atoms with van der Waals surface area (Å²) in [5.74, 6) is -1.02. The van der Waals surface area contributed by atoms with E-state index >= 15 is 0 Å². The van der Waals surface area contributed by atoms with Gasteiger partial charge in [0.25, 0.3) is 0 Å². The number of urea groups is 1. The molecule has 1 aliphatic rings. The largest absolute Gasteiger partial charge is 0.480 e. The summed E-state index contributed by atoms with van der Waals surface area (Å²) in [5, 5.41) is 12.1. The summed E-state index contributed by atoms with van der Waals surface area (Å²) in [6.07, 6.45) is 0. The second-order valence-corrected chi connectivity index (χ2v) is 4.34. The van der Waals surface area contributed by atoms with Gasteiger partial charge in [-0.3, -0.25) is 9.69 Å². The first-order valence-corrected chi connectivity index (χ1v) is 6.22. The maximum absolute atomic E-state index is 12.4. The molecule has 0 aromatic heterocycles. The van der Waals surface area contributed by atoms with E-state index in [1.54, 1.807) is 29.2 Å². The number of para-hydroxylation sites is 1. The third kappa shape index (κ3) is 3.45. The van der Waals surface area contributed by atoms with E-state index in [9.17, 15) is 9.59 Å². The van der Waals surface area contributed by atoms with Gasteiger partial charge in [-0.25, -0.2) is 4.79 Å². The van der Waals surface area contributed by atoms with Gasteiger partial charge in [-0.1, -0.05) is 18.2 Å². The number of piperazine rings is 1. The Kier molecular flexibility index (Phi) is 4.35. The summed E-state index contributed by atoms with van der Waals surface area (Å²) in [6.45, 7) is 2.35. The molecule has 0 atom stereocenters. The number of aliphatic carboxylic acids is 1. The number of rotatable bonds is 3. The highest BCUT2D eigenvalue weighted by molar-refractivity contribution is 5.96. The maximum atomic E-state index is 12.4. The summed E-state index contributed by atoms with van der Waals surface area (Å²) < 4.78 is 0. The van der Waals surface area contributed by atoms with E-state index in [4.69, 9.17) is 5.11 Å². The molecule has 2 rings (SSSR count). The van der Waals surface area contributed by atoms with Crippen LogP contribution in [0.3, 0.4) is 0 Å². The summed E-state index contributed by atoms with van der Waals surface area (Å²) in [6, 6.07) is 8.63. The molecule has 0 bridgehead atoms. The molecular weight excluding hydrogens is 246 g/mol. The Bertz CT molecular complexity index is 444. The Morgan fingerprint density at radius 1 is 1.21 bits per heavy atom. The number of carbonyl (C=O) groups is 2. The molecule has 2 amide bonds. The number of benzene rings is 1. The highest BCUT2D eigenvalue weighted by Gasteiger charge is 2.25. The number of carbonyl (C=O) groups excluding carboxylic acids is 1. The molecule has 1 saturated heterocycles. The minimum Gasteiger partial charge on any atom is -0.480 e. The number of hydrogen-bond acceptors (Lipinski definition) is 3. The molecule has 6 heteroatoms. The fraction of sp³-hybridized carbons (Fsp3) is 0.385. The van der Waals surface area contributed by atoms with Crippen molar-refractivity contribution in [2.24, 2.45) is 0 Å². The fourth-order valence-electron chi connectivity index (χ4n) is 2.04. The average Bonchev–Trinajstić information content (AvgIpc) is 2.46. The molecule has 0 spiro atoms. The Balaban J connectivity index is 2.17. The van der Waals surface area contributed by atoms with Gasteiger partial charge in [-0.2, -0.15) is 0 Å². The van der Waals surface area contributed by atoms with E-state index in [-0.39, 0.29) is 12.6 Å². The first-order valence-electron chi connectivity index (χ1n) is 6.22. The van der Waals surface area contributed by atoms with E-state index in [0.717, 1.165) is 13.1 Å². The highest BCUT2D eigenvalue weighted by atomic mass is 16.4. The van der Waals surface area contributed by atoms with Gasteiger partial charge in [0, 0.05) is 31.9 Å². The van der Waals surface area contributed by atoms with E-state index < -0.39 is 5.97 Å². The average molecular weight is 263 g/mol. The van der Waals surface area contributed by atoms with Crippen LogP contribution < -0.4 is 10.2 Å². The molecule has 6 nitrogen and oxygen atoms in total. The molecule has 0 unspecified atom stereocenters. The number of amides is 2. The number of carboxylic acid groups (broad SMARTS) is 1. The normalized spacial score (nSPS) is 15.1. The molecule has 1 heterocycles. The lowest BCUT2D eigenvalue weighted by atomic mass is 10.3. The third-order valence-corrected chi connectivity index (χ3v) is 2.98. The summed E-state index contributed by atoms with van der Waals surface area (Å²) >= 11 is 0. The zero-order valence-electron chi connectivity index (χ0n) is 10.6. The monoisotopic (exact) mass is 263 g/mol. The Labute approximate surface area is 111 Å². The van der Waals surface area contributed by atoms with Crippen molar-refractivity contribution in [2.75, 3.05) is 37.6 Å². The predicted octanol–water partition coefficient (Wildman–Crippen LogP) is 0.603. The summed E-state index contributed by atoms with van der Waals surface area (Å²) in [5.41, 5.74) is 0.605. The zero-order chi connectivity index (χ0) is 13.7. The van der Waals surface area contributed by atoms with E-state index in [1.165, 1.54) is 4.90 Å². The second-order valence-electron chi connectivity index (χ2n) is 4.34. The lowest BCUT2D eigenvalue weighted by Crippen LogP contribution is -2.52. The SMILES string of the molecule is O=C(O)CN(C(=O)N1CCNCC1)c1ccccc1. The molecule has 2 N–H and O–H groups in total. The van der Waals surface area contributed by atoms with Crippen molar-refractivity contribution >= 4 is 17.7 Å². The molecule has 1 aliphatic heterocycles. The standard InChI is InChI=1S/C13H17N3O3/c17-12(18)10-16(11-4-2-1-3-5-11)13(19)15-8-6-14-7-9-15/h1-5,14H,6-10H2,(H,17,18). The molecule has 1 fully saturated rings. The van der Waals surface area contributed by atoms with Crippen molar-refractivity contribution in [1.82, 2.24) is 10.2 Å². The predicted molar refractivity (Wildman–Crippen MR) is 71.3 cm³/mol. The van der Waals surface area contributed by atoms with Crippen LogP contribution in [0.2, 0.25) is 0 Å². The summed E-state index contributed by atoms with van der Waals surface area (Å²) in [7, 11) is 0. The highest BCUT2D eigenvalue weighted by Crippen LogP contribution is 2.15. The topological polar surface area (TPSA) is 72.9 Å². The summed E-state index contributed by atoms with van der Waals surface area (Å²) in [4.78, 5) is 26.3. The smallest absolute Gasteiger partial charge is 0.325 e. The maximum Gasteiger partial charge on any atom is 0.325 e. The quantitative estimate of drug-likeness (QED) is 0.837. The van der Waals surface area contributed by atoms with Crippen LogP contribution in [0, 0.1) is 0 Å². The molecule has 1 aromatic rings. The van der Waals surface area contributed by atoms with Gasteiger partial charge in [0.05, 0.1) is 0 Å². The van der Waals surface area contributed by atoms with Crippen molar-refractivity contribution in [1.29, 1.82) is 0 Å². The number of anilines is 1. The van der Waals surface area contributed by atoms with Crippen LogP contribution in [0.25, 0.3) is 0 Å². The van der Waals surface area contributed by atoms with E-state index in [2.05, 4.69) is 5.32 Å². The second kappa shape index (κ2) is 6.19. The van der Waals surface area contributed by atoms with Crippen molar-refractivity contribution in [2.45, 2.75) is 0 Å². The Morgan fingerprint density at radius 2 is 1.84 bits per heavy atom.